The zero-order valence-electron chi connectivity index (χ0n) is 10.2. The lowest BCUT2D eigenvalue weighted by atomic mass is 9.79. The molecule has 0 saturated heterocycles. The van der Waals surface area contributed by atoms with Gasteiger partial charge in [-0.3, -0.25) is 0 Å². The van der Waals surface area contributed by atoms with Crippen molar-refractivity contribution in [2.75, 3.05) is 6.61 Å². The van der Waals surface area contributed by atoms with Gasteiger partial charge in [-0.25, -0.2) is 0 Å². The molecular weight excluding hydrogens is 174 g/mol. The Balaban J connectivity index is 4.17. The van der Waals surface area contributed by atoms with Crippen LogP contribution in [0.4, 0.5) is 0 Å². The van der Waals surface area contributed by atoms with Crippen LogP contribution in [0.25, 0.3) is 0 Å². The normalized spacial score (nSPS) is 12.9. The van der Waals surface area contributed by atoms with Crippen molar-refractivity contribution in [3.05, 3.63) is 0 Å². The monoisotopic (exact) mass is 201 g/mol. The lowest BCUT2D eigenvalue weighted by Crippen LogP contribution is -2.42. The summed E-state index contributed by atoms with van der Waals surface area (Å²) in [4.78, 5) is 0. The Hall–Kier alpha value is -0.0800. The van der Waals surface area contributed by atoms with Crippen LogP contribution in [0.2, 0.25) is 0 Å². The molecule has 0 aliphatic carbocycles. The van der Waals surface area contributed by atoms with Crippen molar-refractivity contribution in [2.45, 2.75) is 58.9 Å². The summed E-state index contributed by atoms with van der Waals surface area (Å²) in [7, 11) is 0. The molecule has 2 heteroatoms. The molecular formula is C12H27NO. The van der Waals surface area contributed by atoms with Gasteiger partial charge in [0.2, 0.25) is 0 Å². The van der Waals surface area contributed by atoms with Crippen LogP contribution in [0.3, 0.4) is 0 Å². The SMILES string of the molecule is CC(C)CC(N)(CCCO)CC(C)C. The van der Waals surface area contributed by atoms with Crippen LogP contribution in [-0.4, -0.2) is 17.3 Å². The fourth-order valence-corrected chi connectivity index (χ4v) is 2.34. The Morgan fingerprint density at radius 3 is 1.79 bits per heavy atom. The molecule has 0 unspecified atom stereocenters. The minimum absolute atomic E-state index is 0.0644. The third-order valence-electron chi connectivity index (χ3n) is 2.46. The van der Waals surface area contributed by atoms with E-state index in [4.69, 9.17) is 10.8 Å². The van der Waals surface area contributed by atoms with E-state index in [1.807, 2.05) is 0 Å². The first kappa shape index (κ1) is 13.9. The predicted octanol–water partition coefficient (Wildman–Crippen LogP) is 2.55. The zero-order valence-corrected chi connectivity index (χ0v) is 10.2. The standard InChI is InChI=1S/C12H27NO/c1-10(2)8-12(13,6-5-7-14)9-11(3)4/h10-11,14H,5-9,13H2,1-4H3. The van der Waals surface area contributed by atoms with Gasteiger partial charge in [-0.15, -0.1) is 0 Å². The maximum absolute atomic E-state index is 8.84. The number of aliphatic hydroxyl groups is 1. The highest BCUT2D eigenvalue weighted by Crippen LogP contribution is 2.26. The molecule has 0 spiro atoms. The van der Waals surface area contributed by atoms with Gasteiger partial charge in [0.15, 0.2) is 0 Å². The van der Waals surface area contributed by atoms with Gasteiger partial charge in [-0.2, -0.15) is 0 Å². The van der Waals surface area contributed by atoms with Crippen molar-refractivity contribution in [1.29, 1.82) is 0 Å². The van der Waals surface area contributed by atoms with Crippen LogP contribution in [0.15, 0.2) is 0 Å². The summed E-state index contributed by atoms with van der Waals surface area (Å²) in [5, 5.41) is 8.84. The summed E-state index contributed by atoms with van der Waals surface area (Å²) in [6.07, 6.45) is 3.90. The fraction of sp³-hybridized carbons (Fsp3) is 1.00. The highest BCUT2D eigenvalue weighted by atomic mass is 16.2. The molecule has 0 aromatic rings. The molecule has 0 amide bonds. The van der Waals surface area contributed by atoms with Crippen molar-refractivity contribution >= 4 is 0 Å². The molecule has 0 radical (unpaired) electrons. The van der Waals surface area contributed by atoms with E-state index in [1.54, 1.807) is 0 Å². The first-order chi connectivity index (χ1) is 6.39. The van der Waals surface area contributed by atoms with Crippen LogP contribution in [0.1, 0.15) is 53.4 Å². The summed E-state index contributed by atoms with van der Waals surface area (Å²) in [6.45, 7) is 9.10. The van der Waals surface area contributed by atoms with Gasteiger partial charge in [0.05, 0.1) is 0 Å². The maximum Gasteiger partial charge on any atom is 0.0431 e. The van der Waals surface area contributed by atoms with E-state index in [0.29, 0.717) is 11.8 Å². The van der Waals surface area contributed by atoms with E-state index in [-0.39, 0.29) is 12.1 Å². The second-order valence-electron chi connectivity index (χ2n) is 5.39. The Morgan fingerprint density at radius 1 is 1.07 bits per heavy atom. The van der Waals surface area contributed by atoms with Crippen molar-refractivity contribution in [3.8, 4) is 0 Å². The first-order valence-corrected chi connectivity index (χ1v) is 5.79. The van der Waals surface area contributed by atoms with Gasteiger partial charge in [0, 0.05) is 12.1 Å². The van der Waals surface area contributed by atoms with Gasteiger partial charge < -0.3 is 10.8 Å². The van der Waals surface area contributed by atoms with E-state index < -0.39 is 0 Å². The number of hydrogen-bond acceptors (Lipinski definition) is 2. The van der Waals surface area contributed by atoms with Crippen molar-refractivity contribution in [1.82, 2.24) is 0 Å². The van der Waals surface area contributed by atoms with Gasteiger partial charge in [-0.05, 0) is 37.5 Å². The molecule has 14 heavy (non-hydrogen) atoms. The average molecular weight is 201 g/mol. The topological polar surface area (TPSA) is 46.2 Å². The number of nitrogens with two attached hydrogens (primary N) is 1. The Labute approximate surface area is 88.9 Å². The molecule has 0 rings (SSSR count). The largest absolute Gasteiger partial charge is 0.396 e. The lowest BCUT2D eigenvalue weighted by Gasteiger charge is -2.33. The maximum atomic E-state index is 8.84. The number of rotatable bonds is 7. The van der Waals surface area contributed by atoms with Crippen LogP contribution in [0, 0.1) is 11.8 Å². The van der Waals surface area contributed by atoms with Crippen LogP contribution < -0.4 is 5.73 Å². The second kappa shape index (κ2) is 6.41. The second-order valence-corrected chi connectivity index (χ2v) is 5.39. The minimum Gasteiger partial charge on any atom is -0.396 e. The molecule has 86 valence electrons. The number of hydrogen-bond donors (Lipinski definition) is 2. The third-order valence-corrected chi connectivity index (χ3v) is 2.46. The summed E-state index contributed by atoms with van der Waals surface area (Å²) in [5.41, 5.74) is 6.31. The zero-order chi connectivity index (χ0) is 11.2. The molecule has 0 aromatic heterocycles. The molecule has 2 nitrogen and oxygen atoms in total. The van der Waals surface area contributed by atoms with Gasteiger partial charge in [0.25, 0.3) is 0 Å². The Morgan fingerprint density at radius 2 is 1.50 bits per heavy atom. The third kappa shape index (κ3) is 6.39. The van der Waals surface area contributed by atoms with E-state index in [9.17, 15) is 0 Å². The quantitative estimate of drug-likeness (QED) is 0.665. The predicted molar refractivity (Wildman–Crippen MR) is 62.1 cm³/mol. The number of aliphatic hydroxyl groups excluding tert-OH is 1. The van der Waals surface area contributed by atoms with E-state index in [0.717, 1.165) is 25.7 Å². The molecule has 0 saturated carbocycles. The smallest absolute Gasteiger partial charge is 0.0431 e. The lowest BCUT2D eigenvalue weighted by molar-refractivity contribution is 0.222. The molecule has 0 heterocycles. The van der Waals surface area contributed by atoms with Gasteiger partial charge in [0.1, 0.15) is 0 Å². The van der Waals surface area contributed by atoms with Crippen LogP contribution in [-0.2, 0) is 0 Å². The van der Waals surface area contributed by atoms with E-state index in [1.165, 1.54) is 0 Å². The first-order valence-electron chi connectivity index (χ1n) is 5.79. The van der Waals surface area contributed by atoms with Gasteiger partial charge in [-0.1, -0.05) is 27.7 Å². The van der Waals surface area contributed by atoms with Crippen LogP contribution in [0.5, 0.6) is 0 Å². The average Bonchev–Trinajstić information content (AvgIpc) is 1.97. The molecule has 3 N–H and O–H groups in total. The Bertz CT molecular complexity index is 133. The molecule has 0 aromatic carbocycles. The van der Waals surface area contributed by atoms with E-state index >= 15 is 0 Å². The summed E-state index contributed by atoms with van der Waals surface area (Å²) in [5.74, 6) is 1.27. The van der Waals surface area contributed by atoms with Crippen LogP contribution >= 0.6 is 0 Å². The highest BCUT2D eigenvalue weighted by Gasteiger charge is 2.26. The summed E-state index contributed by atoms with van der Waals surface area (Å²) >= 11 is 0. The molecule has 0 bridgehead atoms. The van der Waals surface area contributed by atoms with Crippen molar-refractivity contribution in [3.63, 3.8) is 0 Å². The molecule has 0 atom stereocenters. The highest BCUT2D eigenvalue weighted by molar-refractivity contribution is 4.85. The van der Waals surface area contributed by atoms with Crippen molar-refractivity contribution in [2.24, 2.45) is 17.6 Å². The molecule has 0 aliphatic rings. The summed E-state index contributed by atoms with van der Waals surface area (Å²) in [6, 6.07) is 0. The van der Waals surface area contributed by atoms with Crippen molar-refractivity contribution < 1.29 is 5.11 Å². The summed E-state index contributed by atoms with van der Waals surface area (Å²) < 4.78 is 0. The molecule has 0 aliphatic heterocycles. The van der Waals surface area contributed by atoms with Gasteiger partial charge >= 0.3 is 0 Å². The minimum atomic E-state index is -0.0644. The fourth-order valence-electron chi connectivity index (χ4n) is 2.34. The molecule has 0 fully saturated rings. The Kier molecular flexibility index (Phi) is 6.38. The van der Waals surface area contributed by atoms with E-state index in [2.05, 4.69) is 27.7 Å².